The zero-order chi connectivity index (χ0) is 17.6. The highest BCUT2D eigenvalue weighted by atomic mass is 32.2. The Labute approximate surface area is 142 Å². The van der Waals surface area contributed by atoms with Gasteiger partial charge >= 0.3 is 0 Å². The number of para-hydroxylation sites is 1. The van der Waals surface area contributed by atoms with E-state index in [0.717, 1.165) is 11.3 Å². The quantitative estimate of drug-likeness (QED) is 0.422. The maximum atomic E-state index is 11.8. The molecule has 1 aliphatic heterocycles. The fourth-order valence-electron chi connectivity index (χ4n) is 2.52. The molecule has 132 valence electrons. The Bertz CT molecular complexity index is 718. The summed E-state index contributed by atoms with van der Waals surface area (Å²) in [7, 11) is -3.52. The number of primary sulfonamides is 1. The molecule has 1 atom stereocenters. The molecule has 24 heavy (non-hydrogen) atoms. The number of nitrogens with two attached hydrogens (primary N) is 1. The topological polar surface area (TPSA) is 126 Å². The first kappa shape index (κ1) is 18.2. The molecule has 1 aromatic rings. The van der Waals surface area contributed by atoms with Crippen molar-refractivity contribution in [2.45, 2.75) is 19.3 Å². The Balaban J connectivity index is 2.04. The average molecular weight is 353 g/mol. The summed E-state index contributed by atoms with van der Waals surface area (Å²) < 4.78 is 22.0. The number of hydrogen-bond donors (Lipinski definition) is 4. The van der Waals surface area contributed by atoms with E-state index < -0.39 is 10.0 Å². The fourth-order valence-corrected chi connectivity index (χ4v) is 2.91. The van der Waals surface area contributed by atoms with E-state index in [0.29, 0.717) is 25.5 Å². The SMILES string of the molecule is CCNC(=NCC1CC(=O)Nc2ccccc21)NCCS(N)(=O)=O. The van der Waals surface area contributed by atoms with E-state index in [2.05, 4.69) is 20.9 Å². The number of sulfonamides is 1. The zero-order valence-electron chi connectivity index (χ0n) is 13.6. The number of anilines is 1. The number of carbonyl (C=O) groups is 1. The second kappa shape index (κ2) is 8.11. The zero-order valence-corrected chi connectivity index (χ0v) is 14.4. The molecule has 1 aliphatic rings. The number of fused-ring (bicyclic) bond motifs is 1. The Morgan fingerprint density at radius 2 is 2.12 bits per heavy atom. The van der Waals surface area contributed by atoms with Crippen molar-refractivity contribution in [1.82, 2.24) is 10.6 Å². The molecule has 0 saturated carbocycles. The highest BCUT2D eigenvalue weighted by molar-refractivity contribution is 7.89. The van der Waals surface area contributed by atoms with Crippen molar-refractivity contribution >= 4 is 27.6 Å². The Kier molecular flexibility index (Phi) is 6.16. The first-order valence-electron chi connectivity index (χ1n) is 7.80. The lowest BCUT2D eigenvalue weighted by molar-refractivity contribution is -0.116. The largest absolute Gasteiger partial charge is 0.357 e. The van der Waals surface area contributed by atoms with Gasteiger partial charge in [-0.3, -0.25) is 9.79 Å². The van der Waals surface area contributed by atoms with Crippen molar-refractivity contribution in [3.05, 3.63) is 29.8 Å². The fraction of sp³-hybridized carbons (Fsp3) is 0.467. The summed E-state index contributed by atoms with van der Waals surface area (Å²) in [4.78, 5) is 16.3. The van der Waals surface area contributed by atoms with Gasteiger partial charge in [-0.15, -0.1) is 0 Å². The minimum absolute atomic E-state index is 0.0105. The van der Waals surface area contributed by atoms with Crippen LogP contribution in [0.15, 0.2) is 29.3 Å². The van der Waals surface area contributed by atoms with Crippen LogP contribution in [0.2, 0.25) is 0 Å². The first-order chi connectivity index (χ1) is 11.4. The summed E-state index contributed by atoms with van der Waals surface area (Å²) in [5.74, 6) is 0.292. The van der Waals surface area contributed by atoms with Crippen LogP contribution >= 0.6 is 0 Å². The van der Waals surface area contributed by atoms with E-state index in [1.165, 1.54) is 0 Å². The summed E-state index contributed by atoms with van der Waals surface area (Å²) in [5.41, 5.74) is 1.88. The van der Waals surface area contributed by atoms with Gasteiger partial charge in [-0.25, -0.2) is 13.6 Å². The van der Waals surface area contributed by atoms with E-state index in [1.807, 2.05) is 31.2 Å². The van der Waals surface area contributed by atoms with E-state index in [9.17, 15) is 13.2 Å². The third-order valence-electron chi connectivity index (χ3n) is 3.60. The summed E-state index contributed by atoms with van der Waals surface area (Å²) in [6, 6.07) is 7.67. The van der Waals surface area contributed by atoms with E-state index in [-0.39, 0.29) is 24.1 Å². The van der Waals surface area contributed by atoms with Crippen LogP contribution < -0.4 is 21.1 Å². The van der Waals surface area contributed by atoms with Gasteiger partial charge in [0, 0.05) is 31.1 Å². The Morgan fingerprint density at radius 1 is 1.38 bits per heavy atom. The average Bonchev–Trinajstić information content (AvgIpc) is 2.51. The van der Waals surface area contributed by atoms with Crippen molar-refractivity contribution in [2.75, 3.05) is 30.7 Å². The highest BCUT2D eigenvalue weighted by Crippen LogP contribution is 2.31. The van der Waals surface area contributed by atoms with Crippen molar-refractivity contribution in [3.63, 3.8) is 0 Å². The molecule has 0 spiro atoms. The van der Waals surface area contributed by atoms with Crippen molar-refractivity contribution in [1.29, 1.82) is 0 Å². The van der Waals surface area contributed by atoms with Crippen LogP contribution in [0.1, 0.15) is 24.8 Å². The standard InChI is InChI=1S/C15H23N5O3S/c1-2-17-15(18-7-8-24(16,22)23)19-10-11-9-14(21)20-13-6-4-3-5-12(11)13/h3-6,11H,2,7-10H2,1H3,(H,20,21)(H2,16,22,23)(H2,17,18,19). The van der Waals surface area contributed by atoms with Gasteiger partial charge in [0.15, 0.2) is 5.96 Å². The molecule has 1 aromatic carbocycles. The maximum Gasteiger partial charge on any atom is 0.225 e. The van der Waals surface area contributed by atoms with Gasteiger partial charge in [-0.05, 0) is 18.6 Å². The molecule has 9 heteroatoms. The monoisotopic (exact) mass is 353 g/mol. The minimum Gasteiger partial charge on any atom is -0.357 e. The number of nitrogens with zero attached hydrogens (tertiary/aromatic N) is 1. The third kappa shape index (κ3) is 5.50. The van der Waals surface area contributed by atoms with Gasteiger partial charge < -0.3 is 16.0 Å². The molecule has 5 N–H and O–H groups in total. The van der Waals surface area contributed by atoms with Gasteiger partial charge in [0.25, 0.3) is 0 Å². The first-order valence-corrected chi connectivity index (χ1v) is 9.52. The number of rotatable bonds is 6. The number of amides is 1. The van der Waals surface area contributed by atoms with Gasteiger partial charge in [0.1, 0.15) is 0 Å². The smallest absolute Gasteiger partial charge is 0.225 e. The predicted molar refractivity (Wildman–Crippen MR) is 94.4 cm³/mol. The third-order valence-corrected chi connectivity index (χ3v) is 4.37. The molecule has 2 rings (SSSR count). The maximum absolute atomic E-state index is 11.8. The van der Waals surface area contributed by atoms with E-state index in [1.54, 1.807) is 0 Å². The van der Waals surface area contributed by atoms with Crippen molar-refractivity contribution in [2.24, 2.45) is 10.1 Å². The van der Waals surface area contributed by atoms with Crippen LogP contribution in [0.4, 0.5) is 5.69 Å². The number of hydrogen-bond acceptors (Lipinski definition) is 4. The molecule has 0 aliphatic carbocycles. The lowest BCUT2D eigenvalue weighted by atomic mass is 9.91. The summed E-state index contributed by atoms with van der Waals surface area (Å²) in [6.07, 6.45) is 0.372. The molecule has 8 nitrogen and oxygen atoms in total. The van der Waals surface area contributed by atoms with Crippen LogP contribution in [0, 0.1) is 0 Å². The lowest BCUT2D eigenvalue weighted by Gasteiger charge is -2.24. The van der Waals surface area contributed by atoms with Crippen LogP contribution in [0.25, 0.3) is 0 Å². The molecule has 0 bridgehead atoms. The molecular formula is C15H23N5O3S. The highest BCUT2D eigenvalue weighted by Gasteiger charge is 2.24. The van der Waals surface area contributed by atoms with Crippen LogP contribution in [-0.2, 0) is 14.8 Å². The van der Waals surface area contributed by atoms with Gasteiger partial charge in [-0.1, -0.05) is 18.2 Å². The number of nitrogens with one attached hydrogen (secondary N) is 3. The lowest BCUT2D eigenvalue weighted by Crippen LogP contribution is -2.40. The second-order valence-electron chi connectivity index (χ2n) is 5.55. The van der Waals surface area contributed by atoms with Gasteiger partial charge in [-0.2, -0.15) is 0 Å². The summed E-state index contributed by atoms with van der Waals surface area (Å²) >= 11 is 0. The number of carbonyl (C=O) groups excluding carboxylic acids is 1. The Morgan fingerprint density at radius 3 is 2.83 bits per heavy atom. The summed E-state index contributed by atoms with van der Waals surface area (Å²) in [5, 5.41) is 13.8. The molecule has 0 fully saturated rings. The minimum atomic E-state index is -3.52. The number of guanidine groups is 1. The molecule has 0 radical (unpaired) electrons. The molecule has 0 aromatic heterocycles. The van der Waals surface area contributed by atoms with E-state index >= 15 is 0 Å². The van der Waals surface area contributed by atoms with Gasteiger partial charge in [0.2, 0.25) is 15.9 Å². The molecule has 1 unspecified atom stereocenters. The second-order valence-corrected chi connectivity index (χ2v) is 7.28. The Hall–Kier alpha value is -2.13. The predicted octanol–water partition coefficient (Wildman–Crippen LogP) is -0.0440. The normalized spacial score (nSPS) is 17.8. The molecule has 0 saturated heterocycles. The van der Waals surface area contributed by atoms with Crippen LogP contribution in [0.5, 0.6) is 0 Å². The van der Waals surface area contributed by atoms with Crippen molar-refractivity contribution < 1.29 is 13.2 Å². The molecule has 1 heterocycles. The van der Waals surface area contributed by atoms with Crippen molar-refractivity contribution in [3.8, 4) is 0 Å². The molecule has 1 amide bonds. The van der Waals surface area contributed by atoms with Crippen LogP contribution in [-0.4, -0.2) is 45.7 Å². The van der Waals surface area contributed by atoms with E-state index in [4.69, 9.17) is 5.14 Å². The van der Waals surface area contributed by atoms with Gasteiger partial charge in [0.05, 0.1) is 12.3 Å². The number of benzene rings is 1. The number of aliphatic imine (C=N–C) groups is 1. The summed E-state index contributed by atoms with van der Waals surface area (Å²) in [6.45, 7) is 3.16. The molecular weight excluding hydrogens is 330 g/mol. The van der Waals surface area contributed by atoms with Crippen LogP contribution in [0.3, 0.4) is 0 Å².